The predicted molar refractivity (Wildman–Crippen MR) is 95.5 cm³/mol. The lowest BCUT2D eigenvalue weighted by Crippen LogP contribution is -2.50. The molecule has 0 atom stereocenters. The van der Waals surface area contributed by atoms with Crippen LogP contribution in [-0.4, -0.2) is 53.5 Å². The van der Waals surface area contributed by atoms with Crippen molar-refractivity contribution in [2.24, 2.45) is 0 Å². The van der Waals surface area contributed by atoms with Crippen LogP contribution in [-0.2, 0) is 4.79 Å². The number of nitrogens with one attached hydrogen (secondary N) is 1. The van der Waals surface area contributed by atoms with Crippen molar-refractivity contribution in [1.29, 1.82) is 0 Å². The molecule has 1 N–H and O–H groups in total. The van der Waals surface area contributed by atoms with Gasteiger partial charge in [0.15, 0.2) is 0 Å². The molecule has 1 aromatic carbocycles. The standard InChI is InChI=1S/C17H20ClN5O/c1-13-3-4-14(18)11-15(13)21-12-16(24)22-7-9-23(10-8-22)17-19-5-2-6-20-17/h2-6,11,21H,7-10,12H2,1H3. The Kier molecular flexibility index (Phi) is 5.15. The summed E-state index contributed by atoms with van der Waals surface area (Å²) in [5, 5.41) is 3.84. The highest BCUT2D eigenvalue weighted by Gasteiger charge is 2.22. The Hall–Kier alpha value is -2.34. The van der Waals surface area contributed by atoms with Gasteiger partial charge in [0, 0.05) is 49.3 Å². The number of carbonyl (C=O) groups excluding carboxylic acids is 1. The highest BCUT2D eigenvalue weighted by molar-refractivity contribution is 6.30. The molecule has 1 aliphatic rings. The van der Waals surface area contributed by atoms with Crippen molar-refractivity contribution in [2.45, 2.75) is 6.92 Å². The SMILES string of the molecule is Cc1ccc(Cl)cc1NCC(=O)N1CCN(c2ncccn2)CC1. The first-order chi connectivity index (χ1) is 11.6. The van der Waals surface area contributed by atoms with E-state index in [-0.39, 0.29) is 12.5 Å². The second-order valence-electron chi connectivity index (χ2n) is 5.73. The Labute approximate surface area is 146 Å². The Morgan fingerprint density at radius 3 is 2.62 bits per heavy atom. The molecular formula is C17H20ClN5O. The number of aryl methyl sites for hydroxylation is 1. The minimum Gasteiger partial charge on any atom is -0.376 e. The molecule has 24 heavy (non-hydrogen) atoms. The zero-order valence-corrected chi connectivity index (χ0v) is 14.3. The maximum Gasteiger partial charge on any atom is 0.241 e. The van der Waals surface area contributed by atoms with E-state index in [9.17, 15) is 4.79 Å². The Bertz CT molecular complexity index is 701. The normalized spacial score (nSPS) is 14.6. The van der Waals surface area contributed by atoms with Crippen molar-refractivity contribution in [3.8, 4) is 0 Å². The molecule has 0 saturated carbocycles. The lowest BCUT2D eigenvalue weighted by Gasteiger charge is -2.34. The second kappa shape index (κ2) is 7.49. The average Bonchev–Trinajstić information content (AvgIpc) is 2.63. The van der Waals surface area contributed by atoms with Crippen LogP contribution in [0.2, 0.25) is 5.02 Å². The van der Waals surface area contributed by atoms with Crippen LogP contribution in [0.3, 0.4) is 0 Å². The zero-order chi connectivity index (χ0) is 16.9. The van der Waals surface area contributed by atoms with E-state index in [2.05, 4.69) is 20.2 Å². The Balaban J connectivity index is 1.51. The molecule has 1 fully saturated rings. The van der Waals surface area contributed by atoms with Crippen LogP contribution in [0, 0.1) is 6.92 Å². The summed E-state index contributed by atoms with van der Waals surface area (Å²) in [5.41, 5.74) is 1.96. The van der Waals surface area contributed by atoms with Crippen LogP contribution in [0.15, 0.2) is 36.7 Å². The van der Waals surface area contributed by atoms with E-state index in [0.717, 1.165) is 30.3 Å². The van der Waals surface area contributed by atoms with Gasteiger partial charge in [0.25, 0.3) is 0 Å². The number of anilines is 2. The van der Waals surface area contributed by atoms with Gasteiger partial charge in [-0.05, 0) is 30.7 Å². The summed E-state index contributed by atoms with van der Waals surface area (Å²) >= 11 is 6.00. The minimum absolute atomic E-state index is 0.0861. The van der Waals surface area contributed by atoms with Gasteiger partial charge in [0.05, 0.1) is 6.54 Å². The van der Waals surface area contributed by atoms with Gasteiger partial charge < -0.3 is 15.1 Å². The summed E-state index contributed by atoms with van der Waals surface area (Å²) in [6.07, 6.45) is 3.47. The van der Waals surface area contributed by atoms with Gasteiger partial charge in [-0.2, -0.15) is 0 Å². The van der Waals surface area contributed by atoms with Crippen LogP contribution in [0.5, 0.6) is 0 Å². The summed E-state index contributed by atoms with van der Waals surface area (Å²) in [5.74, 6) is 0.806. The molecule has 7 heteroatoms. The van der Waals surface area contributed by atoms with Gasteiger partial charge in [-0.1, -0.05) is 17.7 Å². The quantitative estimate of drug-likeness (QED) is 0.920. The smallest absolute Gasteiger partial charge is 0.241 e. The third kappa shape index (κ3) is 3.94. The monoisotopic (exact) mass is 345 g/mol. The molecule has 0 unspecified atom stereocenters. The van der Waals surface area contributed by atoms with E-state index in [1.54, 1.807) is 18.5 Å². The molecule has 3 rings (SSSR count). The number of benzene rings is 1. The largest absolute Gasteiger partial charge is 0.376 e. The Morgan fingerprint density at radius 2 is 1.92 bits per heavy atom. The van der Waals surface area contributed by atoms with Crippen LogP contribution in [0.4, 0.5) is 11.6 Å². The number of hydrogen-bond donors (Lipinski definition) is 1. The fourth-order valence-electron chi connectivity index (χ4n) is 2.68. The molecule has 1 aromatic heterocycles. The molecule has 126 valence electrons. The minimum atomic E-state index is 0.0861. The van der Waals surface area contributed by atoms with Crippen molar-refractivity contribution in [3.05, 3.63) is 47.2 Å². The van der Waals surface area contributed by atoms with Gasteiger partial charge in [-0.15, -0.1) is 0 Å². The molecule has 6 nitrogen and oxygen atoms in total. The van der Waals surface area contributed by atoms with E-state index in [0.29, 0.717) is 18.1 Å². The van der Waals surface area contributed by atoms with Crippen LogP contribution in [0.1, 0.15) is 5.56 Å². The number of hydrogen-bond acceptors (Lipinski definition) is 5. The molecular weight excluding hydrogens is 326 g/mol. The molecule has 2 heterocycles. The number of nitrogens with zero attached hydrogens (tertiary/aromatic N) is 4. The Morgan fingerprint density at radius 1 is 1.21 bits per heavy atom. The van der Waals surface area contributed by atoms with Gasteiger partial charge >= 0.3 is 0 Å². The van der Waals surface area contributed by atoms with E-state index < -0.39 is 0 Å². The molecule has 0 radical (unpaired) electrons. The third-order valence-corrected chi connectivity index (χ3v) is 4.33. The predicted octanol–water partition coefficient (Wildman–Crippen LogP) is 2.20. The van der Waals surface area contributed by atoms with E-state index in [1.165, 1.54) is 0 Å². The summed E-state index contributed by atoms with van der Waals surface area (Å²) in [6, 6.07) is 7.42. The highest BCUT2D eigenvalue weighted by Crippen LogP contribution is 2.20. The van der Waals surface area contributed by atoms with Crippen molar-refractivity contribution in [3.63, 3.8) is 0 Å². The number of aromatic nitrogens is 2. The molecule has 1 aliphatic heterocycles. The summed E-state index contributed by atoms with van der Waals surface area (Å²) in [7, 11) is 0. The van der Waals surface area contributed by atoms with Crippen LogP contribution in [0.25, 0.3) is 0 Å². The van der Waals surface area contributed by atoms with E-state index in [1.807, 2.05) is 30.0 Å². The number of rotatable bonds is 4. The number of halogens is 1. The summed E-state index contributed by atoms with van der Waals surface area (Å²) in [6.45, 7) is 5.09. The van der Waals surface area contributed by atoms with E-state index in [4.69, 9.17) is 11.6 Å². The molecule has 0 spiro atoms. The van der Waals surface area contributed by atoms with E-state index >= 15 is 0 Å². The van der Waals surface area contributed by atoms with Crippen molar-refractivity contribution < 1.29 is 4.79 Å². The topological polar surface area (TPSA) is 61.4 Å². The number of piperazine rings is 1. The highest BCUT2D eigenvalue weighted by atomic mass is 35.5. The first-order valence-electron chi connectivity index (χ1n) is 7.93. The average molecular weight is 346 g/mol. The number of carbonyl (C=O) groups is 1. The lowest BCUT2D eigenvalue weighted by atomic mass is 10.2. The van der Waals surface area contributed by atoms with Gasteiger partial charge in [-0.3, -0.25) is 4.79 Å². The molecule has 0 bridgehead atoms. The van der Waals surface area contributed by atoms with Gasteiger partial charge in [-0.25, -0.2) is 9.97 Å². The molecule has 2 aromatic rings. The number of amides is 1. The molecule has 1 saturated heterocycles. The fraction of sp³-hybridized carbons (Fsp3) is 0.353. The lowest BCUT2D eigenvalue weighted by molar-refractivity contribution is -0.129. The zero-order valence-electron chi connectivity index (χ0n) is 13.6. The first-order valence-corrected chi connectivity index (χ1v) is 8.31. The maximum absolute atomic E-state index is 12.4. The first kappa shape index (κ1) is 16.5. The van der Waals surface area contributed by atoms with Gasteiger partial charge in [0.2, 0.25) is 11.9 Å². The van der Waals surface area contributed by atoms with Crippen molar-refractivity contribution >= 4 is 29.1 Å². The maximum atomic E-state index is 12.4. The van der Waals surface area contributed by atoms with Crippen molar-refractivity contribution in [1.82, 2.24) is 14.9 Å². The summed E-state index contributed by atoms with van der Waals surface area (Å²) < 4.78 is 0. The summed E-state index contributed by atoms with van der Waals surface area (Å²) in [4.78, 5) is 24.9. The van der Waals surface area contributed by atoms with Gasteiger partial charge in [0.1, 0.15) is 0 Å². The molecule has 1 amide bonds. The second-order valence-corrected chi connectivity index (χ2v) is 6.17. The molecule has 0 aliphatic carbocycles. The van der Waals surface area contributed by atoms with Crippen molar-refractivity contribution in [2.75, 3.05) is 42.9 Å². The van der Waals surface area contributed by atoms with Crippen LogP contribution < -0.4 is 10.2 Å². The fourth-order valence-corrected chi connectivity index (χ4v) is 2.85. The van der Waals surface area contributed by atoms with Crippen LogP contribution >= 0.6 is 11.6 Å². The third-order valence-electron chi connectivity index (χ3n) is 4.10.